The number of hydrogen-bond acceptors (Lipinski definition) is 1. The molecule has 0 aromatic rings. The van der Waals surface area contributed by atoms with E-state index in [9.17, 15) is 13.2 Å². The molecule has 0 aromatic carbocycles. The van der Waals surface area contributed by atoms with Crippen LogP contribution in [0.1, 0.15) is 25.7 Å². The first kappa shape index (κ1) is 17.1. The molecule has 2 unspecified atom stereocenters. The fourth-order valence-electron chi connectivity index (χ4n) is 2.51. The van der Waals surface area contributed by atoms with Gasteiger partial charge in [0.05, 0.1) is 12.5 Å². The summed E-state index contributed by atoms with van der Waals surface area (Å²) in [6.07, 6.45) is -1.80. The van der Waals surface area contributed by atoms with Crippen LogP contribution in [-0.4, -0.2) is 32.3 Å². The van der Waals surface area contributed by atoms with Crippen molar-refractivity contribution in [3.05, 3.63) is 11.6 Å². The van der Waals surface area contributed by atoms with E-state index in [4.69, 9.17) is 11.6 Å². The number of nitrogens with zero attached hydrogens (tertiary/aromatic N) is 1. The van der Waals surface area contributed by atoms with Gasteiger partial charge in [0.1, 0.15) is 0 Å². The molecule has 0 aromatic heterocycles. The lowest BCUT2D eigenvalue weighted by Gasteiger charge is -2.33. The van der Waals surface area contributed by atoms with E-state index >= 15 is 0 Å². The molecule has 1 saturated carbocycles. The van der Waals surface area contributed by atoms with Crippen molar-refractivity contribution >= 4 is 17.6 Å². The Balaban J connectivity index is 2.50. The Morgan fingerprint density at radius 1 is 1.30 bits per heavy atom. The molecule has 2 N–H and O–H groups in total. The van der Waals surface area contributed by atoms with Crippen molar-refractivity contribution in [2.45, 2.75) is 31.9 Å². The second-order valence-corrected chi connectivity index (χ2v) is 5.55. The van der Waals surface area contributed by atoms with Gasteiger partial charge in [-0.1, -0.05) is 31.0 Å². The standard InChI is InChI=1S/C13H21ClF3N3/c1-9(14)7-19-12(18-2)20-8-10-5-3-4-6-11(10)13(15,16)17/h10-11H,1,3-8H2,2H3,(H2,18,19,20). The fraction of sp³-hybridized carbons (Fsp3) is 0.769. The zero-order chi connectivity index (χ0) is 15.2. The predicted octanol–water partition coefficient (Wildman–Crippen LogP) is 3.27. The van der Waals surface area contributed by atoms with E-state index in [1.807, 2.05) is 0 Å². The molecule has 3 nitrogen and oxygen atoms in total. The van der Waals surface area contributed by atoms with Crippen LogP contribution in [0.3, 0.4) is 0 Å². The third-order valence-electron chi connectivity index (χ3n) is 3.53. The number of halogens is 4. The van der Waals surface area contributed by atoms with Crippen LogP contribution in [0.5, 0.6) is 0 Å². The minimum atomic E-state index is -4.12. The van der Waals surface area contributed by atoms with Crippen molar-refractivity contribution in [2.75, 3.05) is 20.1 Å². The Morgan fingerprint density at radius 3 is 2.50 bits per heavy atom. The van der Waals surface area contributed by atoms with Gasteiger partial charge in [-0.05, 0) is 18.8 Å². The van der Waals surface area contributed by atoms with Crippen LogP contribution in [0.4, 0.5) is 13.2 Å². The van der Waals surface area contributed by atoms with E-state index in [0.717, 1.165) is 6.42 Å². The summed E-state index contributed by atoms with van der Waals surface area (Å²) in [6.45, 7) is 4.12. The smallest absolute Gasteiger partial charge is 0.356 e. The Morgan fingerprint density at radius 2 is 1.95 bits per heavy atom. The second kappa shape index (κ2) is 7.76. The lowest BCUT2D eigenvalue weighted by atomic mass is 9.79. The third kappa shape index (κ3) is 5.61. The SMILES string of the molecule is C=C(Cl)CNC(=NC)NCC1CCCCC1C(F)(F)F. The van der Waals surface area contributed by atoms with Crippen LogP contribution < -0.4 is 10.6 Å². The second-order valence-electron chi connectivity index (χ2n) is 5.02. The zero-order valence-electron chi connectivity index (χ0n) is 11.6. The van der Waals surface area contributed by atoms with E-state index in [-0.39, 0.29) is 13.0 Å². The minimum Gasteiger partial charge on any atom is -0.356 e. The Hall–Kier alpha value is -0.910. The molecular formula is C13H21ClF3N3. The highest BCUT2D eigenvalue weighted by Crippen LogP contribution is 2.41. The van der Waals surface area contributed by atoms with Gasteiger partial charge < -0.3 is 10.6 Å². The predicted molar refractivity (Wildman–Crippen MR) is 75.9 cm³/mol. The van der Waals surface area contributed by atoms with E-state index in [1.165, 1.54) is 0 Å². The largest absolute Gasteiger partial charge is 0.392 e. The van der Waals surface area contributed by atoms with Crippen molar-refractivity contribution in [1.82, 2.24) is 10.6 Å². The van der Waals surface area contributed by atoms with E-state index in [2.05, 4.69) is 22.2 Å². The number of hydrogen-bond donors (Lipinski definition) is 2. The van der Waals surface area contributed by atoms with Gasteiger partial charge in [0.2, 0.25) is 0 Å². The number of nitrogens with one attached hydrogen (secondary N) is 2. The van der Waals surface area contributed by atoms with Crippen LogP contribution in [0.15, 0.2) is 16.6 Å². The Labute approximate surface area is 122 Å². The van der Waals surface area contributed by atoms with Gasteiger partial charge in [0, 0.05) is 18.6 Å². The Kier molecular flexibility index (Phi) is 6.65. The van der Waals surface area contributed by atoms with Gasteiger partial charge in [-0.2, -0.15) is 13.2 Å². The maximum Gasteiger partial charge on any atom is 0.392 e. The first-order valence-corrected chi connectivity index (χ1v) is 7.07. The van der Waals surface area contributed by atoms with E-state index < -0.39 is 18.0 Å². The van der Waals surface area contributed by atoms with Gasteiger partial charge in [-0.3, -0.25) is 4.99 Å². The molecule has 1 fully saturated rings. The molecule has 0 amide bonds. The highest BCUT2D eigenvalue weighted by Gasteiger charge is 2.45. The third-order valence-corrected chi connectivity index (χ3v) is 3.67. The van der Waals surface area contributed by atoms with Gasteiger partial charge in [0.15, 0.2) is 5.96 Å². The van der Waals surface area contributed by atoms with Gasteiger partial charge in [0.25, 0.3) is 0 Å². The molecule has 1 rings (SSSR count). The Bertz CT molecular complexity index is 355. The molecule has 1 aliphatic rings. The summed E-state index contributed by atoms with van der Waals surface area (Å²) in [7, 11) is 1.56. The van der Waals surface area contributed by atoms with Gasteiger partial charge in [-0.25, -0.2) is 0 Å². The molecule has 20 heavy (non-hydrogen) atoms. The maximum atomic E-state index is 12.9. The molecule has 0 saturated heterocycles. The van der Waals surface area contributed by atoms with Crippen LogP contribution in [0.25, 0.3) is 0 Å². The molecule has 116 valence electrons. The summed E-state index contributed by atoms with van der Waals surface area (Å²) < 4.78 is 38.8. The molecule has 0 aliphatic heterocycles. The van der Waals surface area contributed by atoms with Crippen LogP contribution in [0, 0.1) is 11.8 Å². The lowest BCUT2D eigenvalue weighted by Crippen LogP contribution is -2.44. The highest BCUT2D eigenvalue weighted by atomic mass is 35.5. The van der Waals surface area contributed by atoms with Gasteiger partial charge in [-0.15, -0.1) is 0 Å². The summed E-state index contributed by atoms with van der Waals surface area (Å²) in [4.78, 5) is 3.95. The topological polar surface area (TPSA) is 36.4 Å². The number of rotatable bonds is 4. The van der Waals surface area contributed by atoms with E-state index in [0.29, 0.717) is 30.4 Å². The average Bonchev–Trinajstić information content (AvgIpc) is 2.38. The summed E-state index contributed by atoms with van der Waals surface area (Å²) in [5, 5.41) is 6.24. The maximum absolute atomic E-state index is 12.9. The highest BCUT2D eigenvalue weighted by molar-refractivity contribution is 6.29. The molecule has 1 aliphatic carbocycles. The summed E-state index contributed by atoms with van der Waals surface area (Å²) in [6, 6.07) is 0. The van der Waals surface area contributed by atoms with Crippen molar-refractivity contribution in [1.29, 1.82) is 0 Å². The first-order valence-electron chi connectivity index (χ1n) is 6.69. The fourth-order valence-corrected chi connectivity index (χ4v) is 2.58. The molecule has 7 heteroatoms. The molecule has 0 bridgehead atoms. The van der Waals surface area contributed by atoms with Crippen molar-refractivity contribution < 1.29 is 13.2 Å². The summed E-state index contributed by atoms with van der Waals surface area (Å²) >= 11 is 5.62. The number of alkyl halides is 3. The van der Waals surface area contributed by atoms with Crippen molar-refractivity contribution in [3.63, 3.8) is 0 Å². The summed E-state index contributed by atoms with van der Waals surface area (Å²) in [5.74, 6) is -1.18. The normalized spacial score (nSPS) is 24.4. The molecule has 0 radical (unpaired) electrons. The quantitative estimate of drug-likeness (QED) is 0.617. The molecule has 0 spiro atoms. The van der Waals surface area contributed by atoms with Crippen LogP contribution >= 0.6 is 11.6 Å². The summed E-state index contributed by atoms with van der Waals surface area (Å²) in [5.41, 5.74) is 0. The molecule has 0 heterocycles. The number of aliphatic imine (C=N–C) groups is 1. The molecule has 2 atom stereocenters. The van der Waals surface area contributed by atoms with Crippen molar-refractivity contribution in [3.8, 4) is 0 Å². The van der Waals surface area contributed by atoms with Crippen LogP contribution in [-0.2, 0) is 0 Å². The van der Waals surface area contributed by atoms with E-state index in [1.54, 1.807) is 7.05 Å². The lowest BCUT2D eigenvalue weighted by molar-refractivity contribution is -0.195. The minimum absolute atomic E-state index is 0.223. The molecular weight excluding hydrogens is 291 g/mol. The van der Waals surface area contributed by atoms with Crippen molar-refractivity contribution in [2.24, 2.45) is 16.8 Å². The zero-order valence-corrected chi connectivity index (χ0v) is 12.3. The monoisotopic (exact) mass is 311 g/mol. The van der Waals surface area contributed by atoms with Crippen LogP contribution in [0.2, 0.25) is 0 Å². The average molecular weight is 312 g/mol. The first-order chi connectivity index (χ1) is 9.34. The number of guanidine groups is 1. The van der Waals surface area contributed by atoms with Gasteiger partial charge >= 0.3 is 6.18 Å².